The van der Waals surface area contributed by atoms with Crippen LogP contribution in [0, 0.1) is 11.8 Å². The van der Waals surface area contributed by atoms with Crippen molar-refractivity contribution in [1.29, 1.82) is 0 Å². The molecule has 174 valence electrons. The van der Waals surface area contributed by atoms with Crippen molar-refractivity contribution in [1.82, 2.24) is 10.2 Å². The van der Waals surface area contributed by atoms with Crippen molar-refractivity contribution in [2.45, 2.75) is 48.3 Å². The quantitative estimate of drug-likeness (QED) is 0.353. The highest BCUT2D eigenvalue weighted by atomic mass is 79.9. The maximum Gasteiger partial charge on any atom is 0.250 e. The first-order chi connectivity index (χ1) is 15.3. The molecule has 2 bridgehead atoms. The summed E-state index contributed by atoms with van der Waals surface area (Å²) in [4.78, 5) is 41.3. The Bertz CT molecular complexity index is 900. The van der Waals surface area contributed by atoms with E-state index in [2.05, 4.69) is 26.6 Å². The molecule has 3 N–H and O–H groups in total. The van der Waals surface area contributed by atoms with E-state index in [4.69, 9.17) is 21.4 Å². The van der Waals surface area contributed by atoms with Gasteiger partial charge in [-0.2, -0.15) is 0 Å². The lowest BCUT2D eigenvalue weighted by Gasteiger charge is -2.34. The molecule has 32 heavy (non-hydrogen) atoms. The molecule has 0 saturated carbocycles. The Morgan fingerprint density at radius 1 is 1.25 bits per heavy atom. The maximum atomic E-state index is 13.6. The number of halogens is 2. The molecule has 0 aliphatic carbocycles. The van der Waals surface area contributed by atoms with Gasteiger partial charge in [-0.25, -0.2) is 0 Å². The lowest BCUT2D eigenvalue weighted by Crippen LogP contribution is -2.54. The van der Waals surface area contributed by atoms with E-state index in [0.717, 1.165) is 6.42 Å². The van der Waals surface area contributed by atoms with Crippen molar-refractivity contribution < 1.29 is 24.2 Å². The molecule has 3 amide bonds. The number of benzene rings is 1. The van der Waals surface area contributed by atoms with Crippen molar-refractivity contribution in [2.24, 2.45) is 11.8 Å². The minimum Gasteiger partial charge on any atom is -0.396 e. The highest BCUT2D eigenvalue weighted by molar-refractivity contribution is 9.09. The Morgan fingerprint density at radius 3 is 2.62 bits per heavy atom. The molecule has 6 atom stereocenters. The lowest BCUT2D eigenvalue weighted by molar-refractivity contribution is -0.140. The van der Waals surface area contributed by atoms with Crippen LogP contribution in [0.2, 0.25) is 5.02 Å². The second-order valence-corrected chi connectivity index (χ2v) is 10.2. The summed E-state index contributed by atoms with van der Waals surface area (Å²) in [6.45, 7) is 0.438. The average Bonchev–Trinajstić information content (AvgIpc) is 3.36. The number of fused-ring (bicyclic) bond motifs is 1. The van der Waals surface area contributed by atoms with Crippen LogP contribution < -0.4 is 10.6 Å². The van der Waals surface area contributed by atoms with Crippen LogP contribution in [0.4, 0.5) is 5.69 Å². The molecule has 1 aromatic rings. The van der Waals surface area contributed by atoms with E-state index < -0.39 is 29.6 Å². The van der Waals surface area contributed by atoms with Gasteiger partial charge in [-0.1, -0.05) is 27.5 Å². The fourth-order valence-electron chi connectivity index (χ4n) is 5.45. The van der Waals surface area contributed by atoms with Crippen LogP contribution in [0.5, 0.6) is 0 Å². The zero-order chi connectivity index (χ0) is 23.0. The first-order valence-electron chi connectivity index (χ1n) is 10.9. The second kappa shape index (κ2) is 9.29. The zero-order valence-electron chi connectivity index (χ0n) is 17.7. The van der Waals surface area contributed by atoms with E-state index in [9.17, 15) is 14.4 Å². The molecule has 0 radical (unpaired) electrons. The van der Waals surface area contributed by atoms with Crippen molar-refractivity contribution in [3.8, 4) is 0 Å². The first-order valence-corrected chi connectivity index (χ1v) is 12.1. The van der Waals surface area contributed by atoms with Crippen LogP contribution in [0.3, 0.4) is 0 Å². The Morgan fingerprint density at radius 2 is 1.97 bits per heavy atom. The Balaban J connectivity index is 1.66. The third-order valence-corrected chi connectivity index (χ3v) is 7.85. The summed E-state index contributed by atoms with van der Waals surface area (Å²) >= 11 is 9.57. The van der Waals surface area contributed by atoms with E-state index in [1.165, 1.54) is 0 Å². The molecule has 3 fully saturated rings. The monoisotopic (exact) mass is 527 g/mol. The lowest BCUT2D eigenvalue weighted by atomic mass is 9.70. The molecule has 1 spiro atoms. The molecule has 1 aromatic carbocycles. The minimum atomic E-state index is -1.07. The summed E-state index contributed by atoms with van der Waals surface area (Å²) in [5.41, 5.74) is -0.502. The Labute approximate surface area is 200 Å². The van der Waals surface area contributed by atoms with Gasteiger partial charge in [0.05, 0.1) is 17.9 Å². The number of aliphatic hydroxyl groups excluding tert-OH is 1. The van der Waals surface area contributed by atoms with Gasteiger partial charge < -0.3 is 25.4 Å². The summed E-state index contributed by atoms with van der Waals surface area (Å²) in [5, 5.41) is 15.2. The molecule has 3 aliphatic heterocycles. The zero-order valence-corrected chi connectivity index (χ0v) is 20.1. The van der Waals surface area contributed by atoms with Gasteiger partial charge in [-0.05, 0) is 49.9 Å². The third kappa shape index (κ3) is 3.83. The van der Waals surface area contributed by atoms with Crippen LogP contribution in [0.25, 0.3) is 0 Å². The number of unbranched alkanes of at least 4 members (excludes halogenated alkanes) is 2. The number of carbonyl (C=O) groups excluding carboxylic acids is 3. The summed E-state index contributed by atoms with van der Waals surface area (Å²) in [7, 11) is 1.54. The van der Waals surface area contributed by atoms with Gasteiger partial charge in [0.25, 0.3) is 0 Å². The van der Waals surface area contributed by atoms with Gasteiger partial charge in [0, 0.05) is 35.7 Å². The van der Waals surface area contributed by atoms with Gasteiger partial charge in [0.15, 0.2) is 0 Å². The van der Waals surface area contributed by atoms with Crippen molar-refractivity contribution in [2.75, 3.05) is 25.5 Å². The number of alkyl halides is 1. The van der Waals surface area contributed by atoms with Crippen molar-refractivity contribution in [3.63, 3.8) is 0 Å². The smallest absolute Gasteiger partial charge is 0.250 e. The fourth-order valence-corrected chi connectivity index (χ4v) is 6.52. The summed E-state index contributed by atoms with van der Waals surface area (Å²) in [5.74, 6) is -2.18. The van der Waals surface area contributed by atoms with E-state index in [1.54, 1.807) is 36.2 Å². The molecule has 10 heteroatoms. The predicted molar refractivity (Wildman–Crippen MR) is 123 cm³/mol. The second-order valence-electron chi connectivity index (χ2n) is 8.59. The molecule has 3 unspecified atom stereocenters. The van der Waals surface area contributed by atoms with E-state index >= 15 is 0 Å². The molecule has 3 aliphatic rings. The first kappa shape index (κ1) is 23.5. The van der Waals surface area contributed by atoms with Crippen LogP contribution in [0.1, 0.15) is 25.7 Å². The highest BCUT2D eigenvalue weighted by Gasteiger charge is 2.76. The molecule has 8 nitrogen and oxygen atoms in total. The van der Waals surface area contributed by atoms with Crippen LogP contribution in [-0.4, -0.2) is 70.5 Å². The number of nitrogens with one attached hydrogen (secondary N) is 2. The SMILES string of the molecule is CNC(=O)[C@H]1[C@@H]2OC3(CC2Br)C(C(=O)Nc2ccc(Cl)cc2)N(CCCCCO)C(=O)[C@H]13. The number of amides is 3. The predicted octanol–water partition coefficient (Wildman–Crippen LogP) is 1.94. The summed E-state index contributed by atoms with van der Waals surface area (Å²) < 4.78 is 6.36. The number of ether oxygens (including phenoxy) is 1. The number of aliphatic hydroxyl groups is 1. The third-order valence-electron chi connectivity index (χ3n) is 6.76. The topological polar surface area (TPSA) is 108 Å². The Kier molecular flexibility index (Phi) is 6.81. The van der Waals surface area contributed by atoms with Crippen LogP contribution in [0.15, 0.2) is 24.3 Å². The largest absolute Gasteiger partial charge is 0.396 e. The van der Waals surface area contributed by atoms with Gasteiger partial charge in [0.1, 0.15) is 11.6 Å². The van der Waals surface area contributed by atoms with Gasteiger partial charge in [-0.15, -0.1) is 0 Å². The number of carbonyl (C=O) groups is 3. The molecular weight excluding hydrogens is 502 g/mol. The average molecular weight is 529 g/mol. The van der Waals surface area contributed by atoms with Gasteiger partial charge >= 0.3 is 0 Å². The molecule has 3 heterocycles. The summed E-state index contributed by atoms with van der Waals surface area (Å²) in [6.07, 6.45) is 2.00. The molecule has 0 aromatic heterocycles. The van der Waals surface area contributed by atoms with Gasteiger partial charge in [0.2, 0.25) is 17.7 Å². The number of likely N-dealkylation sites (tertiary alicyclic amines) is 1. The van der Waals surface area contributed by atoms with E-state index in [1.807, 2.05) is 0 Å². The maximum absolute atomic E-state index is 13.6. The fraction of sp³-hybridized carbons (Fsp3) is 0.591. The number of nitrogens with zero attached hydrogens (tertiary/aromatic N) is 1. The number of hydrogen-bond acceptors (Lipinski definition) is 5. The highest BCUT2D eigenvalue weighted by Crippen LogP contribution is 2.60. The number of anilines is 1. The van der Waals surface area contributed by atoms with E-state index in [-0.39, 0.29) is 29.2 Å². The Hall–Kier alpha value is -1.68. The number of hydrogen-bond donors (Lipinski definition) is 3. The molecule has 3 saturated heterocycles. The van der Waals surface area contributed by atoms with Crippen LogP contribution >= 0.6 is 27.5 Å². The van der Waals surface area contributed by atoms with E-state index in [0.29, 0.717) is 36.5 Å². The minimum absolute atomic E-state index is 0.0792. The molecular formula is C22H27BrClN3O5. The normalized spacial score (nSPS) is 32.8. The van der Waals surface area contributed by atoms with Gasteiger partial charge in [-0.3, -0.25) is 14.4 Å². The molecule has 4 rings (SSSR count). The van der Waals surface area contributed by atoms with Crippen molar-refractivity contribution in [3.05, 3.63) is 29.3 Å². The summed E-state index contributed by atoms with van der Waals surface area (Å²) in [6, 6.07) is 5.90. The van der Waals surface area contributed by atoms with Crippen molar-refractivity contribution >= 4 is 50.9 Å². The van der Waals surface area contributed by atoms with Crippen LogP contribution in [-0.2, 0) is 19.1 Å². The standard InChI is InChI=1S/C22H27BrClN3O5/c1-25-19(29)15-16-21(31)27(9-3-2-4-10-28)18(22(16)11-14(23)17(15)32-22)20(30)26-13-7-5-12(24)6-8-13/h5-8,14-18,28H,2-4,9-11H2,1H3,(H,25,29)(H,26,30)/t14?,15-,16+,17-,18?,22?/m1/s1. The number of rotatable bonds is 8.